The lowest BCUT2D eigenvalue weighted by Crippen LogP contribution is -2.64. The topological polar surface area (TPSA) is 210 Å². The normalized spacial score (nSPS) is 22.6. The zero-order chi connectivity index (χ0) is 45.0. The summed E-state index contributed by atoms with van der Waals surface area (Å²) >= 11 is 0. The third-order valence-corrected chi connectivity index (χ3v) is 11.3. The van der Waals surface area contributed by atoms with E-state index in [-0.39, 0.29) is 12.8 Å². The summed E-state index contributed by atoms with van der Waals surface area (Å²) in [6.45, 7) is 3.20. The van der Waals surface area contributed by atoms with Gasteiger partial charge in [0.05, 0.1) is 6.61 Å². The Labute approximate surface area is 366 Å². The summed E-state index contributed by atoms with van der Waals surface area (Å²) in [5.74, 6) is -1.18. The number of rotatable bonds is 37. The van der Waals surface area contributed by atoms with Crippen molar-refractivity contribution in [2.24, 2.45) is 0 Å². The summed E-state index contributed by atoms with van der Waals surface area (Å²) in [4.78, 5) is 35.7. The molecule has 0 aliphatic heterocycles. The fourth-order valence-electron chi connectivity index (χ4n) is 6.57. The van der Waals surface area contributed by atoms with Crippen LogP contribution in [0.4, 0.5) is 0 Å². The first-order valence-corrected chi connectivity index (χ1v) is 24.6. The van der Waals surface area contributed by atoms with E-state index in [1.807, 2.05) is 12.2 Å². The minimum absolute atomic E-state index is 0.0197. The van der Waals surface area contributed by atoms with Gasteiger partial charge in [-0.2, -0.15) is 0 Å². The fraction of sp³-hybridized carbons (Fsp3) is 0.745. The molecule has 61 heavy (non-hydrogen) atoms. The number of carbonyl (C=O) groups excluding carboxylic acids is 2. The lowest BCUT2D eigenvalue weighted by molar-refractivity contribution is -0.220. The van der Waals surface area contributed by atoms with Crippen molar-refractivity contribution in [3.05, 3.63) is 60.8 Å². The molecule has 1 aliphatic carbocycles. The van der Waals surface area contributed by atoms with Gasteiger partial charge in [0.1, 0.15) is 43.2 Å². The molecule has 8 atom stereocenters. The molecule has 1 rings (SSSR count). The highest BCUT2D eigenvalue weighted by molar-refractivity contribution is 7.47. The van der Waals surface area contributed by atoms with Gasteiger partial charge in [-0.3, -0.25) is 18.6 Å². The van der Waals surface area contributed by atoms with Crippen molar-refractivity contribution in [3.63, 3.8) is 0 Å². The minimum atomic E-state index is -5.14. The molecule has 14 heteroatoms. The van der Waals surface area contributed by atoms with Crippen LogP contribution in [0.25, 0.3) is 0 Å². The predicted molar refractivity (Wildman–Crippen MR) is 239 cm³/mol. The average Bonchev–Trinajstić information content (AvgIpc) is 3.24. The van der Waals surface area contributed by atoms with Crippen LogP contribution >= 0.6 is 7.82 Å². The number of carbonyl (C=O) groups is 2. The lowest BCUT2D eigenvalue weighted by atomic mass is 9.85. The molecular formula is C47H81O13P. The molecule has 1 fully saturated rings. The highest BCUT2D eigenvalue weighted by Crippen LogP contribution is 2.47. The van der Waals surface area contributed by atoms with Crippen LogP contribution in [-0.2, 0) is 32.7 Å². The zero-order valence-electron chi connectivity index (χ0n) is 37.2. The van der Waals surface area contributed by atoms with Gasteiger partial charge in [0, 0.05) is 12.8 Å². The molecule has 13 nitrogen and oxygen atoms in total. The van der Waals surface area contributed by atoms with E-state index in [0.29, 0.717) is 19.3 Å². The summed E-state index contributed by atoms with van der Waals surface area (Å²) in [6, 6.07) is 0. The number of phosphoric acid groups is 1. The number of ether oxygens (including phenoxy) is 2. The van der Waals surface area contributed by atoms with Crippen molar-refractivity contribution < 1.29 is 63.1 Å². The SMILES string of the molecule is CCCCCC=CCC=CCCCCCCCC(=O)OC[C@H](COP(=O)(O)OC1C(O)C(O)C(O)[C@@H](O)C1O)OC(=O)CCCC=CCC=CCC=CCCCCCCCC. The highest BCUT2D eigenvalue weighted by Gasteiger charge is 2.51. The van der Waals surface area contributed by atoms with Gasteiger partial charge >= 0.3 is 19.8 Å². The standard InChI is InChI=1S/C47H81O13P/c1-3-5-7-9-11-13-15-17-19-20-22-24-26-28-30-32-34-36-41(49)59-39(38-58-61(55,56)60-47-45(53)43(51)42(50)44(52)46(47)54)37-57-40(48)35-33-31-29-27-25-23-21-18-16-14-12-10-8-6-4-2/h12,14,17-19,21-22,24,28,30,39,42-47,50-54H,3-11,13,15-16,20,23,25-27,29,31-38H2,1-2H3,(H,55,56)/t39-,42?,43-,44?,45?,46?,47?/m1/s1. The Morgan fingerprint density at radius 1 is 0.508 bits per heavy atom. The smallest absolute Gasteiger partial charge is 0.462 e. The Balaban J connectivity index is 2.52. The molecule has 6 N–H and O–H groups in total. The molecule has 0 aromatic carbocycles. The number of hydrogen-bond acceptors (Lipinski definition) is 12. The summed E-state index contributed by atoms with van der Waals surface area (Å²) in [5.41, 5.74) is 0. The van der Waals surface area contributed by atoms with Gasteiger partial charge in [-0.25, -0.2) is 4.57 Å². The number of aliphatic hydroxyl groups is 5. The van der Waals surface area contributed by atoms with Crippen molar-refractivity contribution in [1.82, 2.24) is 0 Å². The van der Waals surface area contributed by atoms with E-state index in [1.165, 1.54) is 57.8 Å². The van der Waals surface area contributed by atoms with Crippen LogP contribution in [0.1, 0.15) is 168 Å². The van der Waals surface area contributed by atoms with Crippen LogP contribution in [0.3, 0.4) is 0 Å². The van der Waals surface area contributed by atoms with Crippen LogP contribution in [0.5, 0.6) is 0 Å². The van der Waals surface area contributed by atoms with Crippen LogP contribution in [-0.4, -0.2) is 98.3 Å². The molecule has 0 bridgehead atoms. The molecule has 352 valence electrons. The Morgan fingerprint density at radius 2 is 0.902 bits per heavy atom. The summed E-state index contributed by atoms with van der Waals surface area (Å²) in [7, 11) is -5.14. The van der Waals surface area contributed by atoms with E-state index in [4.69, 9.17) is 18.5 Å². The second kappa shape index (κ2) is 37.0. The maximum absolute atomic E-state index is 12.8. The highest BCUT2D eigenvalue weighted by atomic mass is 31.2. The summed E-state index contributed by atoms with van der Waals surface area (Å²) in [6.07, 6.45) is 31.4. The van der Waals surface area contributed by atoms with Gasteiger partial charge in [0.25, 0.3) is 0 Å². The number of esters is 2. The van der Waals surface area contributed by atoms with Gasteiger partial charge in [-0.05, 0) is 77.0 Å². The maximum atomic E-state index is 12.8. The van der Waals surface area contributed by atoms with Crippen LogP contribution in [0.2, 0.25) is 0 Å². The van der Waals surface area contributed by atoms with Gasteiger partial charge in [-0.1, -0.05) is 139 Å². The molecule has 1 saturated carbocycles. The zero-order valence-corrected chi connectivity index (χ0v) is 38.1. The molecule has 0 heterocycles. The van der Waals surface area contributed by atoms with Gasteiger partial charge in [0.2, 0.25) is 0 Å². The Bertz CT molecular complexity index is 1300. The second-order valence-electron chi connectivity index (χ2n) is 15.9. The van der Waals surface area contributed by atoms with E-state index < -0.39 is 75.7 Å². The molecular weight excluding hydrogens is 803 g/mol. The molecule has 0 aromatic rings. The minimum Gasteiger partial charge on any atom is -0.462 e. The third kappa shape index (κ3) is 29.5. The molecule has 0 spiro atoms. The molecule has 0 aromatic heterocycles. The maximum Gasteiger partial charge on any atom is 0.472 e. The van der Waals surface area contributed by atoms with E-state index in [0.717, 1.165) is 64.2 Å². The second-order valence-corrected chi connectivity index (χ2v) is 17.3. The van der Waals surface area contributed by atoms with Crippen molar-refractivity contribution in [3.8, 4) is 0 Å². The van der Waals surface area contributed by atoms with Crippen LogP contribution in [0.15, 0.2) is 60.8 Å². The first kappa shape index (κ1) is 56.6. The molecule has 0 amide bonds. The predicted octanol–water partition coefficient (Wildman–Crippen LogP) is 8.94. The van der Waals surface area contributed by atoms with Crippen molar-refractivity contribution in [2.45, 2.75) is 211 Å². The number of allylic oxidation sites excluding steroid dienone is 10. The monoisotopic (exact) mass is 885 g/mol. The van der Waals surface area contributed by atoms with E-state index in [2.05, 4.69) is 62.5 Å². The molecule has 0 saturated heterocycles. The number of phosphoric ester groups is 1. The Kier molecular flexibility index (Phi) is 34.3. The van der Waals surface area contributed by atoms with Crippen molar-refractivity contribution in [1.29, 1.82) is 0 Å². The van der Waals surface area contributed by atoms with Gasteiger partial charge in [0.15, 0.2) is 6.10 Å². The van der Waals surface area contributed by atoms with Gasteiger partial charge in [-0.15, -0.1) is 0 Å². The third-order valence-electron chi connectivity index (χ3n) is 10.3. The Hall–Kier alpha value is -2.45. The summed E-state index contributed by atoms with van der Waals surface area (Å²) < 4.78 is 33.4. The van der Waals surface area contributed by atoms with E-state index >= 15 is 0 Å². The number of unbranched alkanes of at least 4 members (excludes halogenated alkanes) is 15. The number of hydrogen-bond donors (Lipinski definition) is 6. The average molecular weight is 885 g/mol. The van der Waals surface area contributed by atoms with Crippen LogP contribution in [0, 0.1) is 0 Å². The number of aliphatic hydroxyl groups excluding tert-OH is 5. The van der Waals surface area contributed by atoms with Crippen LogP contribution < -0.4 is 0 Å². The van der Waals surface area contributed by atoms with E-state index in [1.54, 1.807) is 0 Å². The largest absolute Gasteiger partial charge is 0.472 e. The fourth-order valence-corrected chi connectivity index (χ4v) is 7.54. The molecule has 0 radical (unpaired) electrons. The lowest BCUT2D eigenvalue weighted by Gasteiger charge is -2.41. The van der Waals surface area contributed by atoms with Crippen molar-refractivity contribution in [2.75, 3.05) is 13.2 Å². The molecule has 1 aliphatic rings. The summed E-state index contributed by atoms with van der Waals surface area (Å²) in [5, 5.41) is 50.1. The van der Waals surface area contributed by atoms with E-state index in [9.17, 15) is 44.6 Å². The van der Waals surface area contributed by atoms with Crippen molar-refractivity contribution >= 4 is 19.8 Å². The quantitative estimate of drug-likeness (QED) is 0.0149. The Morgan fingerprint density at radius 3 is 1.43 bits per heavy atom. The first-order chi connectivity index (χ1) is 29.4. The molecule has 6 unspecified atom stereocenters. The van der Waals surface area contributed by atoms with Gasteiger partial charge < -0.3 is 39.9 Å². The first-order valence-electron chi connectivity index (χ1n) is 23.1.